The van der Waals surface area contributed by atoms with Crippen LogP contribution in [-0.4, -0.2) is 36.1 Å². The zero-order valence-electron chi connectivity index (χ0n) is 16.2. The Kier molecular flexibility index (Phi) is 5.67. The molecule has 1 heterocycles. The summed E-state index contributed by atoms with van der Waals surface area (Å²) in [5.41, 5.74) is 1.55. The maximum atomic E-state index is 12.6. The van der Waals surface area contributed by atoms with E-state index in [9.17, 15) is 19.7 Å². The van der Waals surface area contributed by atoms with Crippen LogP contribution in [0.25, 0.3) is 0 Å². The van der Waals surface area contributed by atoms with Gasteiger partial charge in [-0.3, -0.25) is 14.9 Å². The summed E-state index contributed by atoms with van der Waals surface area (Å²) < 4.78 is 15.9. The Balaban J connectivity index is 1.79. The minimum atomic E-state index is -1.17. The zero-order valence-corrected chi connectivity index (χ0v) is 16.2. The third-order valence-corrected chi connectivity index (χ3v) is 4.46. The lowest BCUT2D eigenvalue weighted by Gasteiger charge is -2.19. The fourth-order valence-corrected chi connectivity index (χ4v) is 2.91. The second-order valence-corrected chi connectivity index (χ2v) is 6.57. The van der Waals surface area contributed by atoms with Gasteiger partial charge in [-0.15, -0.1) is 0 Å². The van der Waals surface area contributed by atoms with Crippen molar-refractivity contribution in [3.8, 4) is 11.5 Å². The molecule has 0 bridgehead atoms. The molecule has 3 rings (SSSR count). The van der Waals surface area contributed by atoms with Crippen molar-refractivity contribution < 1.29 is 28.7 Å². The highest BCUT2D eigenvalue weighted by atomic mass is 16.6. The molecule has 0 aliphatic carbocycles. The number of hydrogen-bond acceptors (Lipinski definition) is 7. The molecule has 2 aromatic rings. The van der Waals surface area contributed by atoms with Crippen molar-refractivity contribution in [1.29, 1.82) is 0 Å². The number of para-hydroxylation sites is 1. The van der Waals surface area contributed by atoms with Crippen LogP contribution in [0.3, 0.4) is 0 Å². The lowest BCUT2D eigenvalue weighted by Crippen LogP contribution is -2.30. The minimum Gasteiger partial charge on any atom is -0.486 e. The van der Waals surface area contributed by atoms with Crippen molar-refractivity contribution in [1.82, 2.24) is 0 Å². The number of rotatable bonds is 5. The molecular weight excluding hydrogens is 380 g/mol. The van der Waals surface area contributed by atoms with Crippen LogP contribution in [0.4, 0.5) is 11.4 Å². The number of nitro benzene ring substituents is 1. The number of esters is 1. The monoisotopic (exact) mass is 400 g/mol. The topological polar surface area (TPSA) is 117 Å². The quantitative estimate of drug-likeness (QED) is 0.465. The zero-order chi connectivity index (χ0) is 21.1. The maximum Gasteiger partial charge on any atom is 0.346 e. The second-order valence-electron chi connectivity index (χ2n) is 6.57. The standard InChI is InChI=1S/C20H20N2O7/c1-11-5-4-6-12(2)18(11)21-19(23)13(3)29-20(24)14-9-16-17(28-8-7-27-16)10-15(14)22(25)26/h4-6,9-10,13H,7-8H2,1-3H3,(H,21,23)/t13-/m1/s1. The van der Waals surface area contributed by atoms with Gasteiger partial charge in [-0.2, -0.15) is 0 Å². The number of fused-ring (bicyclic) bond motifs is 1. The van der Waals surface area contributed by atoms with Gasteiger partial charge >= 0.3 is 5.97 Å². The van der Waals surface area contributed by atoms with Crippen LogP contribution in [0.15, 0.2) is 30.3 Å². The first-order chi connectivity index (χ1) is 13.8. The highest BCUT2D eigenvalue weighted by Gasteiger charge is 2.29. The van der Waals surface area contributed by atoms with E-state index in [1.165, 1.54) is 13.0 Å². The summed E-state index contributed by atoms with van der Waals surface area (Å²) in [6.07, 6.45) is -1.17. The molecule has 1 aliphatic heterocycles. The van der Waals surface area contributed by atoms with Crippen molar-refractivity contribution >= 4 is 23.3 Å². The summed E-state index contributed by atoms with van der Waals surface area (Å²) >= 11 is 0. The van der Waals surface area contributed by atoms with Crippen LogP contribution in [0, 0.1) is 24.0 Å². The molecule has 2 aromatic carbocycles. The van der Waals surface area contributed by atoms with Crippen molar-refractivity contribution in [2.45, 2.75) is 26.9 Å². The number of benzene rings is 2. The smallest absolute Gasteiger partial charge is 0.346 e. The van der Waals surface area contributed by atoms with E-state index in [1.54, 1.807) is 0 Å². The van der Waals surface area contributed by atoms with Gasteiger partial charge < -0.3 is 19.5 Å². The molecule has 152 valence electrons. The van der Waals surface area contributed by atoms with E-state index in [-0.39, 0.29) is 30.3 Å². The molecule has 0 spiro atoms. The molecule has 1 amide bonds. The number of ether oxygens (including phenoxy) is 3. The Morgan fingerprint density at radius 3 is 2.31 bits per heavy atom. The van der Waals surface area contributed by atoms with Gasteiger partial charge in [0.15, 0.2) is 17.6 Å². The fourth-order valence-electron chi connectivity index (χ4n) is 2.91. The number of nitrogens with zero attached hydrogens (tertiary/aromatic N) is 1. The average Bonchev–Trinajstić information content (AvgIpc) is 2.69. The van der Waals surface area contributed by atoms with Crippen LogP contribution in [-0.2, 0) is 9.53 Å². The molecule has 29 heavy (non-hydrogen) atoms. The van der Waals surface area contributed by atoms with Crippen molar-refractivity contribution in [2.75, 3.05) is 18.5 Å². The summed E-state index contributed by atoms with van der Waals surface area (Å²) in [6, 6.07) is 7.87. The predicted molar refractivity (Wildman–Crippen MR) is 104 cm³/mol. The van der Waals surface area contributed by atoms with Crippen molar-refractivity contribution in [3.63, 3.8) is 0 Å². The Bertz CT molecular complexity index is 967. The number of carbonyl (C=O) groups is 2. The van der Waals surface area contributed by atoms with Gasteiger partial charge in [0.2, 0.25) is 0 Å². The highest BCUT2D eigenvalue weighted by Crippen LogP contribution is 2.37. The van der Waals surface area contributed by atoms with E-state index < -0.39 is 28.6 Å². The first-order valence-electron chi connectivity index (χ1n) is 8.94. The third-order valence-electron chi connectivity index (χ3n) is 4.46. The van der Waals surface area contributed by atoms with E-state index in [0.29, 0.717) is 5.69 Å². The summed E-state index contributed by atoms with van der Waals surface area (Å²) in [6.45, 7) is 5.59. The minimum absolute atomic E-state index is 0.181. The first kappa shape index (κ1) is 20.1. The summed E-state index contributed by atoms with van der Waals surface area (Å²) in [5, 5.41) is 14.1. The number of aryl methyl sites for hydroxylation is 2. The van der Waals surface area contributed by atoms with E-state index >= 15 is 0 Å². The van der Waals surface area contributed by atoms with Gasteiger partial charge in [-0.1, -0.05) is 18.2 Å². The third kappa shape index (κ3) is 4.29. The Morgan fingerprint density at radius 1 is 1.14 bits per heavy atom. The highest BCUT2D eigenvalue weighted by molar-refractivity contribution is 6.00. The second kappa shape index (κ2) is 8.17. The lowest BCUT2D eigenvalue weighted by molar-refractivity contribution is -0.385. The largest absolute Gasteiger partial charge is 0.486 e. The SMILES string of the molecule is Cc1cccc(C)c1NC(=O)[C@@H](C)OC(=O)c1cc2c(cc1[N+](=O)[O-])OCCO2. The molecule has 0 saturated carbocycles. The van der Waals surface area contributed by atoms with Gasteiger partial charge in [0.05, 0.1) is 11.0 Å². The lowest BCUT2D eigenvalue weighted by atomic mass is 10.1. The van der Waals surface area contributed by atoms with Gasteiger partial charge in [-0.25, -0.2) is 4.79 Å². The van der Waals surface area contributed by atoms with Crippen LogP contribution < -0.4 is 14.8 Å². The Morgan fingerprint density at radius 2 is 1.72 bits per heavy atom. The van der Waals surface area contributed by atoms with Crippen LogP contribution >= 0.6 is 0 Å². The van der Waals surface area contributed by atoms with Crippen molar-refractivity contribution in [2.24, 2.45) is 0 Å². The molecular formula is C20H20N2O7. The van der Waals surface area contributed by atoms with Gasteiger partial charge in [-0.05, 0) is 31.9 Å². The molecule has 9 heteroatoms. The van der Waals surface area contributed by atoms with Crippen LogP contribution in [0.1, 0.15) is 28.4 Å². The number of nitro groups is 1. The van der Waals surface area contributed by atoms with Gasteiger partial charge in [0.1, 0.15) is 18.8 Å². The molecule has 1 atom stereocenters. The van der Waals surface area contributed by atoms with Gasteiger partial charge in [0, 0.05) is 11.8 Å². The molecule has 0 fully saturated rings. The predicted octanol–water partition coefficient (Wildman–Crippen LogP) is 3.17. The molecule has 1 aliphatic rings. The van der Waals surface area contributed by atoms with Crippen LogP contribution in [0.5, 0.6) is 11.5 Å². The summed E-state index contributed by atoms with van der Waals surface area (Å²) in [5.74, 6) is -1.16. The molecule has 0 radical (unpaired) electrons. The summed E-state index contributed by atoms with van der Waals surface area (Å²) in [4.78, 5) is 35.7. The molecule has 0 unspecified atom stereocenters. The van der Waals surface area contributed by atoms with E-state index in [2.05, 4.69) is 5.32 Å². The molecule has 9 nitrogen and oxygen atoms in total. The number of hydrogen-bond donors (Lipinski definition) is 1. The molecule has 0 aromatic heterocycles. The average molecular weight is 400 g/mol. The molecule has 1 N–H and O–H groups in total. The number of anilines is 1. The number of nitrogens with one attached hydrogen (secondary N) is 1. The maximum absolute atomic E-state index is 12.6. The summed E-state index contributed by atoms with van der Waals surface area (Å²) in [7, 11) is 0. The van der Waals surface area contributed by atoms with Crippen LogP contribution in [0.2, 0.25) is 0 Å². The molecule has 0 saturated heterocycles. The first-order valence-corrected chi connectivity index (χ1v) is 8.94. The van der Waals surface area contributed by atoms with Crippen molar-refractivity contribution in [3.05, 3.63) is 57.1 Å². The van der Waals surface area contributed by atoms with E-state index in [1.807, 2.05) is 32.0 Å². The normalized spacial score (nSPS) is 13.3. The van der Waals surface area contributed by atoms with Gasteiger partial charge in [0.25, 0.3) is 11.6 Å². The Labute approximate surface area is 166 Å². The van der Waals surface area contributed by atoms with E-state index in [4.69, 9.17) is 14.2 Å². The number of carbonyl (C=O) groups excluding carboxylic acids is 2. The Hall–Kier alpha value is -3.62. The number of amides is 1. The fraction of sp³-hybridized carbons (Fsp3) is 0.300. The van der Waals surface area contributed by atoms with E-state index in [0.717, 1.165) is 17.2 Å².